The molecule has 0 saturated carbocycles. The fraction of sp³-hybridized carbons (Fsp3) is 0.357. The molecule has 3 heteroatoms. The number of nitrogens with one attached hydrogen (secondary N) is 1. The average molecular weight is 229 g/mol. The minimum absolute atomic E-state index is 0.926. The van der Waals surface area contributed by atoms with Gasteiger partial charge in [0.05, 0.1) is 0 Å². The van der Waals surface area contributed by atoms with Crippen molar-refractivity contribution in [2.75, 3.05) is 6.54 Å². The van der Waals surface area contributed by atoms with Crippen LogP contribution in [0.5, 0.6) is 0 Å². The predicted molar refractivity (Wildman–Crippen MR) is 69.8 cm³/mol. The summed E-state index contributed by atoms with van der Waals surface area (Å²) in [5, 5.41) is 3.45. The SMILES string of the molecule is Cc1cccc(CNCCn2ccnc2C)c1. The van der Waals surface area contributed by atoms with Crippen LogP contribution in [0.25, 0.3) is 0 Å². The maximum absolute atomic E-state index is 4.20. The van der Waals surface area contributed by atoms with Gasteiger partial charge in [0.2, 0.25) is 0 Å². The first-order valence-electron chi connectivity index (χ1n) is 6.00. The molecule has 1 aromatic heterocycles. The van der Waals surface area contributed by atoms with Crippen LogP contribution in [-0.2, 0) is 13.1 Å². The first-order valence-corrected chi connectivity index (χ1v) is 6.00. The van der Waals surface area contributed by atoms with E-state index in [-0.39, 0.29) is 0 Å². The summed E-state index contributed by atoms with van der Waals surface area (Å²) in [6.45, 7) is 7.01. The molecule has 2 aromatic rings. The molecule has 0 unspecified atom stereocenters. The first-order chi connectivity index (χ1) is 8.25. The van der Waals surface area contributed by atoms with Crippen LogP contribution in [0.2, 0.25) is 0 Å². The van der Waals surface area contributed by atoms with Crippen molar-refractivity contribution in [1.82, 2.24) is 14.9 Å². The van der Waals surface area contributed by atoms with Crippen LogP contribution in [0.4, 0.5) is 0 Å². The minimum atomic E-state index is 0.926. The van der Waals surface area contributed by atoms with Crippen LogP contribution in [0.15, 0.2) is 36.7 Å². The Kier molecular flexibility index (Phi) is 3.94. The average Bonchev–Trinajstić information content (AvgIpc) is 2.71. The van der Waals surface area contributed by atoms with E-state index in [1.54, 1.807) is 0 Å². The zero-order valence-electron chi connectivity index (χ0n) is 10.5. The summed E-state index contributed by atoms with van der Waals surface area (Å²) in [6.07, 6.45) is 3.86. The van der Waals surface area contributed by atoms with E-state index in [4.69, 9.17) is 0 Å². The Bertz CT molecular complexity index is 474. The van der Waals surface area contributed by atoms with Gasteiger partial charge in [-0.2, -0.15) is 0 Å². The van der Waals surface area contributed by atoms with Crippen LogP contribution < -0.4 is 5.32 Å². The van der Waals surface area contributed by atoms with E-state index < -0.39 is 0 Å². The van der Waals surface area contributed by atoms with Gasteiger partial charge in [-0.15, -0.1) is 0 Å². The van der Waals surface area contributed by atoms with Gasteiger partial charge in [0.15, 0.2) is 0 Å². The van der Waals surface area contributed by atoms with Gasteiger partial charge < -0.3 is 9.88 Å². The summed E-state index contributed by atoms with van der Waals surface area (Å²) in [6, 6.07) is 8.60. The van der Waals surface area contributed by atoms with Crippen molar-refractivity contribution < 1.29 is 0 Å². The third-order valence-corrected chi connectivity index (χ3v) is 2.86. The Balaban J connectivity index is 1.75. The number of hydrogen-bond acceptors (Lipinski definition) is 2. The van der Waals surface area contributed by atoms with Gasteiger partial charge in [0, 0.05) is 32.0 Å². The first kappa shape index (κ1) is 11.9. The number of benzene rings is 1. The monoisotopic (exact) mass is 229 g/mol. The quantitative estimate of drug-likeness (QED) is 0.797. The molecule has 1 heterocycles. The normalized spacial score (nSPS) is 10.7. The lowest BCUT2D eigenvalue weighted by atomic mass is 10.1. The number of hydrogen-bond donors (Lipinski definition) is 1. The standard InChI is InChI=1S/C14H19N3/c1-12-4-3-5-14(10-12)11-15-6-8-17-9-7-16-13(17)2/h3-5,7,9-10,15H,6,8,11H2,1-2H3. The van der Waals surface area contributed by atoms with E-state index in [2.05, 4.69) is 46.1 Å². The Morgan fingerprint density at radius 3 is 2.88 bits per heavy atom. The molecule has 0 aliphatic heterocycles. The molecule has 3 nitrogen and oxygen atoms in total. The smallest absolute Gasteiger partial charge is 0.105 e. The number of aryl methyl sites for hydroxylation is 2. The number of nitrogens with zero attached hydrogens (tertiary/aromatic N) is 2. The van der Waals surface area contributed by atoms with Gasteiger partial charge in [-0.05, 0) is 19.4 Å². The molecule has 0 saturated heterocycles. The highest BCUT2D eigenvalue weighted by Gasteiger charge is 1.96. The molecular weight excluding hydrogens is 210 g/mol. The molecule has 0 aliphatic rings. The van der Waals surface area contributed by atoms with Gasteiger partial charge >= 0.3 is 0 Å². The molecule has 0 bridgehead atoms. The Morgan fingerprint density at radius 2 is 2.18 bits per heavy atom. The largest absolute Gasteiger partial charge is 0.334 e. The molecule has 0 atom stereocenters. The molecule has 2 rings (SSSR count). The fourth-order valence-corrected chi connectivity index (χ4v) is 1.89. The lowest BCUT2D eigenvalue weighted by molar-refractivity contribution is 0.587. The van der Waals surface area contributed by atoms with Crippen LogP contribution in [0.1, 0.15) is 17.0 Å². The van der Waals surface area contributed by atoms with Crippen LogP contribution in [0.3, 0.4) is 0 Å². The second kappa shape index (κ2) is 5.64. The number of imidazole rings is 1. The third-order valence-electron chi connectivity index (χ3n) is 2.86. The second-order valence-corrected chi connectivity index (χ2v) is 4.33. The minimum Gasteiger partial charge on any atom is -0.334 e. The van der Waals surface area contributed by atoms with Gasteiger partial charge in [0.25, 0.3) is 0 Å². The lowest BCUT2D eigenvalue weighted by Crippen LogP contribution is -2.19. The van der Waals surface area contributed by atoms with E-state index in [1.165, 1.54) is 11.1 Å². The predicted octanol–water partition coefficient (Wildman–Crippen LogP) is 2.29. The van der Waals surface area contributed by atoms with E-state index in [1.807, 2.05) is 19.3 Å². The van der Waals surface area contributed by atoms with Crippen molar-refractivity contribution >= 4 is 0 Å². The highest BCUT2D eigenvalue weighted by Crippen LogP contribution is 2.03. The van der Waals surface area contributed by atoms with Crippen molar-refractivity contribution in [3.05, 3.63) is 53.6 Å². The van der Waals surface area contributed by atoms with Crippen LogP contribution in [-0.4, -0.2) is 16.1 Å². The van der Waals surface area contributed by atoms with Crippen LogP contribution >= 0.6 is 0 Å². The van der Waals surface area contributed by atoms with Gasteiger partial charge in [-0.3, -0.25) is 0 Å². The molecule has 0 amide bonds. The Labute approximate surface area is 103 Å². The van der Waals surface area contributed by atoms with Crippen molar-refractivity contribution in [3.8, 4) is 0 Å². The molecule has 17 heavy (non-hydrogen) atoms. The lowest BCUT2D eigenvalue weighted by Gasteiger charge is -2.07. The van der Waals surface area contributed by atoms with Crippen molar-refractivity contribution in [2.45, 2.75) is 26.9 Å². The summed E-state index contributed by atoms with van der Waals surface area (Å²) in [5.41, 5.74) is 2.65. The second-order valence-electron chi connectivity index (χ2n) is 4.33. The molecule has 0 aliphatic carbocycles. The maximum atomic E-state index is 4.20. The zero-order valence-corrected chi connectivity index (χ0v) is 10.5. The third kappa shape index (κ3) is 3.43. The highest BCUT2D eigenvalue weighted by atomic mass is 15.1. The Morgan fingerprint density at radius 1 is 1.29 bits per heavy atom. The number of rotatable bonds is 5. The van der Waals surface area contributed by atoms with E-state index >= 15 is 0 Å². The number of aromatic nitrogens is 2. The molecule has 0 fully saturated rings. The summed E-state index contributed by atoms with van der Waals surface area (Å²) in [4.78, 5) is 4.20. The van der Waals surface area contributed by atoms with Gasteiger partial charge in [0.1, 0.15) is 5.82 Å². The van der Waals surface area contributed by atoms with E-state index in [0.29, 0.717) is 0 Å². The van der Waals surface area contributed by atoms with Crippen molar-refractivity contribution in [3.63, 3.8) is 0 Å². The molecular formula is C14H19N3. The summed E-state index contributed by atoms with van der Waals surface area (Å²) < 4.78 is 2.16. The summed E-state index contributed by atoms with van der Waals surface area (Å²) >= 11 is 0. The van der Waals surface area contributed by atoms with Gasteiger partial charge in [-0.1, -0.05) is 29.8 Å². The molecule has 0 radical (unpaired) electrons. The van der Waals surface area contributed by atoms with Crippen molar-refractivity contribution in [2.24, 2.45) is 0 Å². The van der Waals surface area contributed by atoms with Gasteiger partial charge in [-0.25, -0.2) is 4.98 Å². The molecule has 1 aromatic carbocycles. The molecule has 1 N–H and O–H groups in total. The Hall–Kier alpha value is -1.61. The zero-order chi connectivity index (χ0) is 12.1. The maximum Gasteiger partial charge on any atom is 0.105 e. The molecule has 0 spiro atoms. The fourth-order valence-electron chi connectivity index (χ4n) is 1.89. The van der Waals surface area contributed by atoms with Crippen molar-refractivity contribution in [1.29, 1.82) is 0 Å². The van der Waals surface area contributed by atoms with E-state index in [9.17, 15) is 0 Å². The van der Waals surface area contributed by atoms with E-state index in [0.717, 1.165) is 25.5 Å². The molecule has 90 valence electrons. The highest BCUT2D eigenvalue weighted by molar-refractivity contribution is 5.21. The topological polar surface area (TPSA) is 29.9 Å². The summed E-state index contributed by atoms with van der Waals surface area (Å²) in [5.74, 6) is 1.07. The van der Waals surface area contributed by atoms with Crippen LogP contribution in [0, 0.1) is 13.8 Å². The summed E-state index contributed by atoms with van der Waals surface area (Å²) in [7, 11) is 0.